The molecule has 0 bridgehead atoms. The maximum absolute atomic E-state index is 12.7. The van der Waals surface area contributed by atoms with Crippen molar-refractivity contribution in [3.63, 3.8) is 0 Å². The molecule has 140 valence electrons. The van der Waals surface area contributed by atoms with Crippen molar-refractivity contribution in [2.24, 2.45) is 0 Å². The molecular weight excluding hydrogens is 342 g/mol. The van der Waals surface area contributed by atoms with E-state index < -0.39 is 0 Å². The summed E-state index contributed by atoms with van der Waals surface area (Å²) < 4.78 is 7.72. The fourth-order valence-electron chi connectivity index (χ4n) is 3.53. The highest BCUT2D eigenvalue weighted by Crippen LogP contribution is 2.27. The van der Waals surface area contributed by atoms with E-state index in [0.29, 0.717) is 37.2 Å². The van der Waals surface area contributed by atoms with Crippen molar-refractivity contribution in [1.29, 1.82) is 0 Å². The minimum absolute atomic E-state index is 0.0887. The summed E-state index contributed by atoms with van der Waals surface area (Å²) in [4.78, 5) is 23.4. The Bertz CT molecular complexity index is 931. The number of likely N-dealkylation sites (tertiary alicyclic amines) is 1. The van der Waals surface area contributed by atoms with Gasteiger partial charge in [-0.15, -0.1) is 0 Å². The number of fused-ring (bicyclic) bond motifs is 1. The van der Waals surface area contributed by atoms with Crippen LogP contribution in [-0.2, 0) is 0 Å². The van der Waals surface area contributed by atoms with Gasteiger partial charge in [-0.3, -0.25) is 0 Å². The molecule has 0 unspecified atom stereocenters. The standard InChI is InChI=1S/C20H23N5O2/c1-2-27-18-8-4-3-6-16(18)23-20(26)24-12-9-15(10-13-24)25-14-22-17-7-5-11-21-19(17)25/h3-8,11,14-15H,2,9-10,12-13H2,1H3,(H,23,26). The van der Waals surface area contributed by atoms with Crippen molar-refractivity contribution in [3.05, 3.63) is 48.9 Å². The van der Waals surface area contributed by atoms with Gasteiger partial charge in [-0.25, -0.2) is 14.8 Å². The Morgan fingerprint density at radius 2 is 2.00 bits per heavy atom. The minimum Gasteiger partial charge on any atom is -0.492 e. The molecular formula is C20H23N5O2. The molecule has 1 saturated heterocycles. The van der Waals surface area contributed by atoms with E-state index in [1.165, 1.54) is 0 Å². The molecule has 0 atom stereocenters. The Labute approximate surface area is 158 Å². The van der Waals surface area contributed by atoms with E-state index in [0.717, 1.165) is 24.0 Å². The molecule has 1 N–H and O–H groups in total. The molecule has 0 saturated carbocycles. The number of benzene rings is 1. The number of rotatable bonds is 4. The van der Waals surface area contributed by atoms with Crippen molar-refractivity contribution in [3.8, 4) is 5.75 Å². The van der Waals surface area contributed by atoms with Gasteiger partial charge in [-0.1, -0.05) is 12.1 Å². The van der Waals surface area contributed by atoms with Crippen LogP contribution < -0.4 is 10.1 Å². The maximum Gasteiger partial charge on any atom is 0.321 e. The lowest BCUT2D eigenvalue weighted by Crippen LogP contribution is -2.41. The fraction of sp³-hybridized carbons (Fsp3) is 0.350. The summed E-state index contributed by atoms with van der Waals surface area (Å²) in [6.07, 6.45) is 5.40. The Kier molecular flexibility index (Phi) is 4.91. The first-order chi connectivity index (χ1) is 13.3. The number of nitrogens with one attached hydrogen (secondary N) is 1. The number of carbonyl (C=O) groups excluding carboxylic acids is 1. The molecule has 3 aromatic rings. The number of amides is 2. The smallest absolute Gasteiger partial charge is 0.321 e. The lowest BCUT2D eigenvalue weighted by molar-refractivity contribution is 0.184. The second kappa shape index (κ2) is 7.65. The third kappa shape index (κ3) is 3.58. The van der Waals surface area contributed by atoms with Gasteiger partial charge < -0.3 is 19.5 Å². The van der Waals surface area contributed by atoms with E-state index in [1.807, 2.05) is 54.5 Å². The van der Waals surface area contributed by atoms with Crippen LogP contribution in [0.2, 0.25) is 0 Å². The van der Waals surface area contributed by atoms with Crippen LogP contribution in [0.25, 0.3) is 11.2 Å². The Balaban J connectivity index is 1.40. The van der Waals surface area contributed by atoms with Crippen molar-refractivity contribution in [2.75, 3.05) is 25.0 Å². The summed E-state index contributed by atoms with van der Waals surface area (Å²) in [5, 5.41) is 2.97. The van der Waals surface area contributed by atoms with Gasteiger partial charge in [0.15, 0.2) is 5.65 Å². The molecule has 0 aliphatic carbocycles. The zero-order valence-electron chi connectivity index (χ0n) is 15.3. The highest BCUT2D eigenvalue weighted by atomic mass is 16.5. The van der Waals surface area contributed by atoms with Crippen LogP contribution in [0.15, 0.2) is 48.9 Å². The maximum atomic E-state index is 12.7. The van der Waals surface area contributed by atoms with Crippen molar-refractivity contribution < 1.29 is 9.53 Å². The van der Waals surface area contributed by atoms with Gasteiger partial charge in [-0.2, -0.15) is 0 Å². The predicted octanol–water partition coefficient (Wildman–Crippen LogP) is 3.70. The van der Waals surface area contributed by atoms with Gasteiger partial charge in [0.25, 0.3) is 0 Å². The van der Waals surface area contributed by atoms with E-state index in [-0.39, 0.29) is 6.03 Å². The molecule has 2 aromatic heterocycles. The molecule has 7 nitrogen and oxygen atoms in total. The summed E-state index contributed by atoms with van der Waals surface area (Å²) in [5.74, 6) is 0.694. The zero-order valence-corrected chi connectivity index (χ0v) is 15.3. The largest absolute Gasteiger partial charge is 0.492 e. The number of nitrogens with zero attached hydrogens (tertiary/aromatic N) is 4. The molecule has 2 amide bonds. The lowest BCUT2D eigenvalue weighted by Gasteiger charge is -2.32. The molecule has 3 heterocycles. The van der Waals surface area contributed by atoms with Crippen LogP contribution in [-0.4, -0.2) is 45.2 Å². The van der Waals surface area contributed by atoms with Gasteiger partial charge >= 0.3 is 6.03 Å². The van der Waals surface area contributed by atoms with E-state index >= 15 is 0 Å². The van der Waals surface area contributed by atoms with Crippen LogP contribution in [0, 0.1) is 0 Å². The summed E-state index contributed by atoms with van der Waals surface area (Å²) >= 11 is 0. The molecule has 4 rings (SSSR count). The summed E-state index contributed by atoms with van der Waals surface area (Å²) in [5.41, 5.74) is 2.52. The Hall–Kier alpha value is -3.09. The van der Waals surface area contributed by atoms with Crippen molar-refractivity contribution >= 4 is 22.9 Å². The second-order valence-electron chi connectivity index (χ2n) is 6.58. The molecule has 7 heteroatoms. The number of pyridine rings is 1. The van der Waals surface area contributed by atoms with Crippen LogP contribution in [0.1, 0.15) is 25.8 Å². The van der Waals surface area contributed by atoms with Gasteiger partial charge in [0.05, 0.1) is 18.6 Å². The first kappa shape index (κ1) is 17.3. The number of ether oxygens (including phenoxy) is 1. The topological polar surface area (TPSA) is 72.3 Å². The molecule has 1 fully saturated rings. The number of piperidine rings is 1. The number of hydrogen-bond acceptors (Lipinski definition) is 4. The van der Waals surface area contributed by atoms with Crippen LogP contribution in [0.4, 0.5) is 10.5 Å². The number of hydrogen-bond donors (Lipinski definition) is 1. The molecule has 1 aliphatic heterocycles. The van der Waals surface area contributed by atoms with Gasteiger partial charge in [0, 0.05) is 25.3 Å². The molecule has 1 aliphatic rings. The number of carbonyl (C=O) groups is 1. The van der Waals surface area contributed by atoms with Crippen molar-refractivity contribution in [2.45, 2.75) is 25.8 Å². The second-order valence-corrected chi connectivity index (χ2v) is 6.58. The third-order valence-electron chi connectivity index (χ3n) is 4.91. The molecule has 0 radical (unpaired) electrons. The minimum atomic E-state index is -0.0887. The Morgan fingerprint density at radius 3 is 2.81 bits per heavy atom. The molecule has 27 heavy (non-hydrogen) atoms. The van der Waals surface area contributed by atoms with Crippen molar-refractivity contribution in [1.82, 2.24) is 19.4 Å². The van der Waals surface area contributed by atoms with E-state index in [2.05, 4.69) is 19.9 Å². The van der Waals surface area contributed by atoms with Crippen LogP contribution in [0.5, 0.6) is 5.75 Å². The monoisotopic (exact) mass is 365 g/mol. The number of para-hydroxylation sites is 2. The highest BCUT2D eigenvalue weighted by molar-refractivity contribution is 5.91. The number of urea groups is 1. The predicted molar refractivity (Wildman–Crippen MR) is 104 cm³/mol. The lowest BCUT2D eigenvalue weighted by atomic mass is 10.1. The summed E-state index contributed by atoms with van der Waals surface area (Å²) in [7, 11) is 0. The van der Waals surface area contributed by atoms with Crippen LogP contribution >= 0.6 is 0 Å². The summed E-state index contributed by atoms with van der Waals surface area (Å²) in [6.45, 7) is 3.88. The molecule has 1 aromatic carbocycles. The SMILES string of the molecule is CCOc1ccccc1NC(=O)N1CCC(n2cnc3cccnc32)CC1. The summed E-state index contributed by atoms with van der Waals surface area (Å²) in [6, 6.07) is 11.6. The van der Waals surface area contributed by atoms with Gasteiger partial charge in [-0.05, 0) is 44.0 Å². The highest BCUT2D eigenvalue weighted by Gasteiger charge is 2.25. The first-order valence-electron chi connectivity index (χ1n) is 9.31. The third-order valence-corrected chi connectivity index (χ3v) is 4.91. The van der Waals surface area contributed by atoms with E-state index in [4.69, 9.17) is 4.74 Å². The quantitative estimate of drug-likeness (QED) is 0.765. The number of anilines is 1. The number of imidazole rings is 1. The van der Waals surface area contributed by atoms with Gasteiger partial charge in [0.2, 0.25) is 0 Å². The zero-order chi connectivity index (χ0) is 18.6. The van der Waals surface area contributed by atoms with Gasteiger partial charge in [0.1, 0.15) is 11.3 Å². The molecule has 0 spiro atoms. The first-order valence-corrected chi connectivity index (χ1v) is 9.31. The Morgan fingerprint density at radius 1 is 1.19 bits per heavy atom. The van der Waals surface area contributed by atoms with E-state index in [9.17, 15) is 4.79 Å². The van der Waals surface area contributed by atoms with Crippen LogP contribution in [0.3, 0.4) is 0 Å². The number of aromatic nitrogens is 3. The fourth-order valence-corrected chi connectivity index (χ4v) is 3.53. The average molecular weight is 365 g/mol. The average Bonchev–Trinajstić information content (AvgIpc) is 3.14. The normalized spacial score (nSPS) is 15.1. The van der Waals surface area contributed by atoms with E-state index in [1.54, 1.807) is 6.20 Å².